The van der Waals surface area contributed by atoms with Gasteiger partial charge in [0.25, 0.3) is 0 Å². The van der Waals surface area contributed by atoms with Crippen molar-refractivity contribution < 1.29 is 4.74 Å². The molecule has 0 aliphatic heterocycles. The van der Waals surface area contributed by atoms with Crippen LogP contribution >= 0.6 is 0 Å². The summed E-state index contributed by atoms with van der Waals surface area (Å²) in [4.78, 5) is 11.3. The van der Waals surface area contributed by atoms with Gasteiger partial charge in [-0.25, -0.2) is 9.97 Å². The fourth-order valence-corrected chi connectivity index (χ4v) is 2.95. The van der Waals surface area contributed by atoms with Crippen molar-refractivity contribution in [2.24, 2.45) is 7.05 Å². The Balaban J connectivity index is 1.63. The molecule has 4 aromatic rings. The van der Waals surface area contributed by atoms with Gasteiger partial charge in [-0.05, 0) is 44.4 Å². The quantitative estimate of drug-likeness (QED) is 0.609. The highest BCUT2D eigenvalue weighted by atomic mass is 16.5. The number of nitrogens with one attached hydrogen (secondary N) is 1. The van der Waals surface area contributed by atoms with Gasteiger partial charge in [0.15, 0.2) is 5.65 Å². The van der Waals surface area contributed by atoms with Crippen molar-refractivity contribution in [3.8, 4) is 17.0 Å². The van der Waals surface area contributed by atoms with Crippen LogP contribution in [-0.2, 0) is 7.05 Å². The van der Waals surface area contributed by atoms with Gasteiger partial charge in [-0.1, -0.05) is 0 Å². The molecule has 128 valence electrons. The number of hydrogen-bond donors (Lipinski definition) is 1. The summed E-state index contributed by atoms with van der Waals surface area (Å²) in [5, 5.41) is 5.32. The summed E-state index contributed by atoms with van der Waals surface area (Å²) >= 11 is 0. The highest BCUT2D eigenvalue weighted by Gasteiger charge is 2.11. The molecule has 0 saturated heterocycles. The molecule has 0 radical (unpaired) electrons. The van der Waals surface area contributed by atoms with Crippen LogP contribution in [0, 0.1) is 0 Å². The van der Waals surface area contributed by atoms with Crippen LogP contribution in [0.3, 0.4) is 0 Å². The van der Waals surface area contributed by atoms with Gasteiger partial charge in [-0.15, -0.1) is 0 Å². The van der Waals surface area contributed by atoms with Crippen LogP contribution in [0.4, 0.5) is 0 Å². The molecule has 0 atom stereocenters. The third-order valence-electron chi connectivity index (χ3n) is 4.31. The number of aromatic amines is 1. The highest BCUT2D eigenvalue weighted by molar-refractivity contribution is 6.04. The summed E-state index contributed by atoms with van der Waals surface area (Å²) in [5.74, 6) is 0.874. The first-order valence-electron chi connectivity index (χ1n) is 8.29. The Kier molecular flexibility index (Phi) is 3.89. The molecular weight excluding hydrogens is 314 g/mol. The van der Waals surface area contributed by atoms with Gasteiger partial charge in [0.05, 0.1) is 11.2 Å². The molecule has 1 aromatic carbocycles. The lowest BCUT2D eigenvalue weighted by molar-refractivity contribution is 0.261. The maximum Gasteiger partial charge on any atom is 0.162 e. The lowest BCUT2D eigenvalue weighted by Crippen LogP contribution is -2.19. The molecular formula is C19H21N5O. The van der Waals surface area contributed by atoms with E-state index in [0.717, 1.165) is 45.5 Å². The van der Waals surface area contributed by atoms with Crippen molar-refractivity contribution in [3.63, 3.8) is 0 Å². The number of rotatable bonds is 5. The summed E-state index contributed by atoms with van der Waals surface area (Å²) in [6.45, 7) is 1.57. The number of hydrogen-bond acceptors (Lipinski definition) is 4. The van der Waals surface area contributed by atoms with Gasteiger partial charge >= 0.3 is 0 Å². The summed E-state index contributed by atoms with van der Waals surface area (Å²) in [6, 6.07) is 10.2. The van der Waals surface area contributed by atoms with Crippen molar-refractivity contribution in [3.05, 3.63) is 42.7 Å². The lowest BCUT2D eigenvalue weighted by Gasteiger charge is -2.11. The monoisotopic (exact) mass is 335 g/mol. The topological polar surface area (TPSA) is 59.0 Å². The van der Waals surface area contributed by atoms with Gasteiger partial charge in [-0.3, -0.25) is 4.68 Å². The second-order valence-corrected chi connectivity index (χ2v) is 6.45. The summed E-state index contributed by atoms with van der Waals surface area (Å²) < 4.78 is 7.74. The predicted octanol–water partition coefficient (Wildman–Crippen LogP) is 3.06. The van der Waals surface area contributed by atoms with E-state index in [-0.39, 0.29) is 0 Å². The van der Waals surface area contributed by atoms with E-state index < -0.39 is 0 Å². The number of likely N-dealkylation sites (N-methyl/N-ethyl adjacent to an activating group) is 1. The minimum Gasteiger partial charge on any atom is -0.492 e. The van der Waals surface area contributed by atoms with Gasteiger partial charge in [0, 0.05) is 42.3 Å². The summed E-state index contributed by atoms with van der Waals surface area (Å²) in [7, 11) is 6.07. The SMILES string of the molecule is CN(C)CCOc1ccc(-c2cc3c(ncc4c[nH]n(C)c43)n2)cc1. The summed E-state index contributed by atoms with van der Waals surface area (Å²) in [5.41, 5.74) is 3.87. The number of nitrogens with zero attached hydrogens (tertiary/aromatic N) is 4. The van der Waals surface area contributed by atoms with Crippen LogP contribution in [0.1, 0.15) is 0 Å². The van der Waals surface area contributed by atoms with Crippen LogP contribution in [0.25, 0.3) is 33.2 Å². The number of aromatic nitrogens is 4. The minimum atomic E-state index is 0.677. The molecule has 0 aliphatic rings. The molecule has 0 amide bonds. The third-order valence-corrected chi connectivity index (χ3v) is 4.31. The number of pyridine rings is 1. The van der Waals surface area contributed by atoms with Crippen molar-refractivity contribution in [1.82, 2.24) is 24.6 Å². The molecule has 1 N–H and O–H groups in total. The molecule has 0 aliphatic carbocycles. The highest BCUT2D eigenvalue weighted by Crippen LogP contribution is 2.29. The van der Waals surface area contributed by atoms with E-state index >= 15 is 0 Å². The zero-order valence-electron chi connectivity index (χ0n) is 14.7. The molecule has 6 nitrogen and oxygen atoms in total. The Bertz CT molecular complexity index is 1010. The Morgan fingerprint density at radius 1 is 1.20 bits per heavy atom. The van der Waals surface area contributed by atoms with Crippen LogP contribution in [0.15, 0.2) is 42.7 Å². The number of ether oxygens (including phenoxy) is 1. The normalized spacial score (nSPS) is 11.7. The fourth-order valence-electron chi connectivity index (χ4n) is 2.95. The first-order chi connectivity index (χ1) is 12.1. The molecule has 3 heterocycles. The van der Waals surface area contributed by atoms with E-state index in [1.807, 2.05) is 62.5 Å². The van der Waals surface area contributed by atoms with Gasteiger partial charge in [-0.2, -0.15) is 0 Å². The summed E-state index contributed by atoms with van der Waals surface area (Å²) in [6.07, 6.45) is 3.81. The van der Waals surface area contributed by atoms with Crippen LogP contribution in [-0.4, -0.2) is 51.9 Å². The zero-order chi connectivity index (χ0) is 17.4. The first kappa shape index (κ1) is 15.7. The second-order valence-electron chi connectivity index (χ2n) is 6.45. The van der Waals surface area contributed by atoms with Gasteiger partial charge in [0.2, 0.25) is 0 Å². The van der Waals surface area contributed by atoms with E-state index in [2.05, 4.69) is 26.0 Å². The van der Waals surface area contributed by atoms with E-state index in [1.54, 1.807) is 0 Å². The van der Waals surface area contributed by atoms with E-state index in [9.17, 15) is 0 Å². The molecule has 0 unspecified atom stereocenters. The average Bonchev–Trinajstić information content (AvgIpc) is 3.18. The maximum atomic E-state index is 5.75. The molecule has 0 saturated carbocycles. The van der Waals surface area contributed by atoms with Gasteiger partial charge < -0.3 is 14.7 Å². The molecule has 3 aromatic heterocycles. The van der Waals surface area contributed by atoms with Crippen molar-refractivity contribution in [2.75, 3.05) is 27.2 Å². The average molecular weight is 335 g/mol. The Morgan fingerprint density at radius 3 is 2.76 bits per heavy atom. The van der Waals surface area contributed by atoms with E-state index in [4.69, 9.17) is 4.74 Å². The van der Waals surface area contributed by atoms with Gasteiger partial charge in [0.1, 0.15) is 12.4 Å². The standard InChI is InChI=1S/C19H21N5O/c1-23(2)8-9-25-15-6-4-13(5-7-15)17-10-16-18-14(12-21-24(18)3)11-20-19(16)22-17/h4-7,10-12,21H,8-9H2,1-3H3. The lowest BCUT2D eigenvalue weighted by atomic mass is 10.1. The molecule has 25 heavy (non-hydrogen) atoms. The Morgan fingerprint density at radius 2 is 2.00 bits per heavy atom. The minimum absolute atomic E-state index is 0.677. The number of H-pyrrole nitrogens is 1. The number of benzene rings is 1. The van der Waals surface area contributed by atoms with Crippen molar-refractivity contribution >= 4 is 21.9 Å². The molecule has 6 heteroatoms. The maximum absolute atomic E-state index is 5.75. The zero-order valence-corrected chi connectivity index (χ0v) is 14.7. The Hall–Kier alpha value is -2.86. The molecule has 0 spiro atoms. The second kappa shape index (κ2) is 6.22. The van der Waals surface area contributed by atoms with Crippen LogP contribution in [0.5, 0.6) is 5.75 Å². The molecule has 0 bridgehead atoms. The smallest absolute Gasteiger partial charge is 0.162 e. The number of fused-ring (bicyclic) bond motifs is 3. The molecule has 4 rings (SSSR count). The van der Waals surface area contributed by atoms with E-state index in [0.29, 0.717) is 6.61 Å². The van der Waals surface area contributed by atoms with Crippen molar-refractivity contribution in [1.29, 1.82) is 0 Å². The van der Waals surface area contributed by atoms with Crippen LogP contribution in [0.2, 0.25) is 0 Å². The van der Waals surface area contributed by atoms with E-state index in [1.165, 1.54) is 0 Å². The fraction of sp³-hybridized carbons (Fsp3) is 0.263. The Labute approximate surface area is 146 Å². The first-order valence-corrected chi connectivity index (χ1v) is 8.29. The third kappa shape index (κ3) is 2.96. The predicted molar refractivity (Wildman–Crippen MR) is 99.9 cm³/mol. The molecule has 0 fully saturated rings. The largest absolute Gasteiger partial charge is 0.492 e. The van der Waals surface area contributed by atoms with Crippen molar-refractivity contribution in [2.45, 2.75) is 0 Å². The number of aryl methyl sites for hydroxylation is 1. The van der Waals surface area contributed by atoms with Crippen LogP contribution < -0.4 is 4.74 Å².